The number of morpholine rings is 1. The van der Waals surface area contributed by atoms with Crippen LogP contribution in [0.3, 0.4) is 0 Å². The molecule has 0 spiro atoms. The van der Waals surface area contributed by atoms with Gasteiger partial charge in [-0.3, -0.25) is 4.79 Å². The third-order valence-corrected chi connectivity index (χ3v) is 5.10. The number of rotatable bonds is 4. The van der Waals surface area contributed by atoms with Crippen molar-refractivity contribution in [3.63, 3.8) is 0 Å². The standard InChI is InChI=1S/C18H24FNO4/c1-23-17-6-5-13(19)9-12(17)10-18(22)20-7-8-24-11-15(20)14-3-2-4-16(14)21/h5-6,9,14-16,21H,2-4,7-8,10-11H2,1H3/t14-,15+,16-/m0/s1. The molecule has 1 aliphatic heterocycles. The van der Waals surface area contributed by atoms with Gasteiger partial charge in [0.1, 0.15) is 11.6 Å². The first kappa shape index (κ1) is 17.2. The van der Waals surface area contributed by atoms with Gasteiger partial charge < -0.3 is 19.5 Å². The van der Waals surface area contributed by atoms with Gasteiger partial charge in [0, 0.05) is 18.0 Å². The molecule has 1 N–H and O–H groups in total. The van der Waals surface area contributed by atoms with Crippen molar-refractivity contribution in [2.45, 2.75) is 37.8 Å². The second-order valence-electron chi connectivity index (χ2n) is 6.52. The molecule has 1 aromatic rings. The maximum Gasteiger partial charge on any atom is 0.227 e. The number of methoxy groups -OCH3 is 1. The van der Waals surface area contributed by atoms with Crippen LogP contribution in [0.4, 0.5) is 4.39 Å². The fourth-order valence-electron chi connectivity index (χ4n) is 3.85. The molecule has 132 valence electrons. The smallest absolute Gasteiger partial charge is 0.227 e. The summed E-state index contributed by atoms with van der Waals surface area (Å²) in [5, 5.41) is 10.2. The molecule has 1 saturated carbocycles. The van der Waals surface area contributed by atoms with E-state index < -0.39 is 0 Å². The summed E-state index contributed by atoms with van der Waals surface area (Å²) in [5.74, 6) is 0.105. The lowest BCUT2D eigenvalue weighted by atomic mass is 9.93. The number of hydrogen-bond donors (Lipinski definition) is 1. The van der Waals surface area contributed by atoms with E-state index in [0.29, 0.717) is 31.1 Å². The van der Waals surface area contributed by atoms with Crippen molar-refractivity contribution in [1.29, 1.82) is 0 Å². The quantitative estimate of drug-likeness (QED) is 0.910. The highest BCUT2D eigenvalue weighted by Gasteiger charge is 2.39. The molecule has 24 heavy (non-hydrogen) atoms. The monoisotopic (exact) mass is 337 g/mol. The number of carbonyl (C=O) groups excluding carboxylic acids is 1. The molecule has 1 heterocycles. The van der Waals surface area contributed by atoms with Crippen LogP contribution in [0.1, 0.15) is 24.8 Å². The molecule has 1 aromatic carbocycles. The second-order valence-corrected chi connectivity index (χ2v) is 6.52. The van der Waals surface area contributed by atoms with Gasteiger partial charge in [-0.2, -0.15) is 0 Å². The Balaban J connectivity index is 1.76. The van der Waals surface area contributed by atoms with Gasteiger partial charge in [-0.25, -0.2) is 4.39 Å². The number of halogens is 1. The molecule has 0 radical (unpaired) electrons. The highest BCUT2D eigenvalue weighted by Crippen LogP contribution is 2.32. The highest BCUT2D eigenvalue weighted by molar-refractivity contribution is 5.80. The Bertz CT molecular complexity index is 594. The Morgan fingerprint density at radius 1 is 1.46 bits per heavy atom. The molecule has 0 aromatic heterocycles. The third-order valence-electron chi connectivity index (χ3n) is 5.10. The summed E-state index contributed by atoms with van der Waals surface area (Å²) in [6.45, 7) is 1.45. The normalized spacial score (nSPS) is 27.3. The van der Waals surface area contributed by atoms with Crippen molar-refractivity contribution in [2.24, 2.45) is 5.92 Å². The third kappa shape index (κ3) is 3.54. The SMILES string of the molecule is COc1ccc(F)cc1CC(=O)N1CCOC[C@@H]1[C@@H]1CCC[C@@H]1O. The lowest BCUT2D eigenvalue weighted by Crippen LogP contribution is -2.54. The first-order valence-electron chi connectivity index (χ1n) is 8.48. The summed E-state index contributed by atoms with van der Waals surface area (Å²) in [7, 11) is 1.51. The molecule has 1 amide bonds. The van der Waals surface area contributed by atoms with Crippen LogP contribution in [-0.4, -0.2) is 54.9 Å². The molecular formula is C18H24FNO4. The maximum atomic E-state index is 13.5. The van der Waals surface area contributed by atoms with Crippen molar-refractivity contribution in [3.05, 3.63) is 29.6 Å². The van der Waals surface area contributed by atoms with Crippen LogP contribution in [0.2, 0.25) is 0 Å². The Morgan fingerprint density at radius 3 is 3.00 bits per heavy atom. The zero-order chi connectivity index (χ0) is 17.1. The van der Waals surface area contributed by atoms with E-state index in [9.17, 15) is 14.3 Å². The first-order valence-corrected chi connectivity index (χ1v) is 8.48. The fourth-order valence-corrected chi connectivity index (χ4v) is 3.85. The van der Waals surface area contributed by atoms with Crippen LogP contribution in [-0.2, 0) is 16.0 Å². The van der Waals surface area contributed by atoms with Gasteiger partial charge in [-0.1, -0.05) is 6.42 Å². The lowest BCUT2D eigenvalue weighted by molar-refractivity contribution is -0.143. The molecule has 2 fully saturated rings. The van der Waals surface area contributed by atoms with E-state index in [0.717, 1.165) is 19.3 Å². The van der Waals surface area contributed by atoms with Crippen LogP contribution >= 0.6 is 0 Å². The van der Waals surface area contributed by atoms with Crippen LogP contribution in [0.25, 0.3) is 0 Å². The van der Waals surface area contributed by atoms with Crippen molar-refractivity contribution < 1.29 is 23.8 Å². The van der Waals surface area contributed by atoms with Gasteiger partial charge in [0.25, 0.3) is 0 Å². The predicted molar refractivity (Wildman–Crippen MR) is 86.3 cm³/mol. The first-order chi connectivity index (χ1) is 11.6. The van der Waals surface area contributed by atoms with E-state index in [1.165, 1.54) is 25.3 Å². The minimum absolute atomic E-state index is 0.0589. The van der Waals surface area contributed by atoms with E-state index in [1.807, 2.05) is 0 Å². The number of ether oxygens (including phenoxy) is 2. The Labute approximate surface area is 141 Å². The van der Waals surface area contributed by atoms with Crippen LogP contribution in [0.15, 0.2) is 18.2 Å². The van der Waals surface area contributed by atoms with E-state index in [-0.39, 0.29) is 36.2 Å². The summed E-state index contributed by atoms with van der Waals surface area (Å²) in [5.41, 5.74) is 0.541. The maximum absolute atomic E-state index is 13.5. The number of benzene rings is 1. The molecule has 6 heteroatoms. The molecule has 2 aliphatic rings. The molecule has 1 aliphatic carbocycles. The zero-order valence-electron chi connectivity index (χ0n) is 13.9. The van der Waals surface area contributed by atoms with Crippen molar-refractivity contribution in [1.82, 2.24) is 4.90 Å². The van der Waals surface area contributed by atoms with Crippen molar-refractivity contribution >= 4 is 5.91 Å². The van der Waals surface area contributed by atoms with E-state index in [1.54, 1.807) is 4.90 Å². The summed E-state index contributed by atoms with van der Waals surface area (Å²) in [6, 6.07) is 4.09. The summed E-state index contributed by atoms with van der Waals surface area (Å²) >= 11 is 0. The van der Waals surface area contributed by atoms with Gasteiger partial charge in [0.05, 0.1) is 38.9 Å². The largest absolute Gasteiger partial charge is 0.496 e. The molecule has 3 atom stereocenters. The summed E-state index contributed by atoms with van der Waals surface area (Å²) in [6.07, 6.45) is 2.36. The van der Waals surface area contributed by atoms with Gasteiger partial charge in [0.15, 0.2) is 0 Å². The number of aliphatic hydroxyl groups excluding tert-OH is 1. The van der Waals surface area contributed by atoms with Gasteiger partial charge in [-0.15, -0.1) is 0 Å². The van der Waals surface area contributed by atoms with Crippen molar-refractivity contribution in [2.75, 3.05) is 26.9 Å². The molecule has 1 saturated heterocycles. The van der Waals surface area contributed by atoms with Gasteiger partial charge in [-0.05, 0) is 31.0 Å². The van der Waals surface area contributed by atoms with Gasteiger partial charge in [0.2, 0.25) is 5.91 Å². The number of hydrogen-bond acceptors (Lipinski definition) is 4. The number of amides is 1. The number of nitrogens with zero attached hydrogens (tertiary/aromatic N) is 1. The van der Waals surface area contributed by atoms with Crippen molar-refractivity contribution in [3.8, 4) is 5.75 Å². The average molecular weight is 337 g/mol. The summed E-state index contributed by atoms with van der Waals surface area (Å²) in [4.78, 5) is 14.6. The molecule has 5 nitrogen and oxygen atoms in total. The lowest BCUT2D eigenvalue weighted by Gasteiger charge is -2.40. The van der Waals surface area contributed by atoms with Crippen LogP contribution < -0.4 is 4.74 Å². The molecular weight excluding hydrogens is 313 g/mol. The van der Waals surface area contributed by atoms with E-state index in [4.69, 9.17) is 9.47 Å². The minimum atomic E-state index is -0.386. The van der Waals surface area contributed by atoms with Crippen LogP contribution in [0.5, 0.6) is 5.75 Å². The Kier molecular flexibility index (Phi) is 5.36. The Hall–Kier alpha value is -1.66. The van der Waals surface area contributed by atoms with E-state index >= 15 is 0 Å². The highest BCUT2D eigenvalue weighted by atomic mass is 19.1. The summed E-state index contributed by atoms with van der Waals surface area (Å²) < 4.78 is 24.3. The molecule has 0 unspecified atom stereocenters. The average Bonchev–Trinajstić information content (AvgIpc) is 3.01. The predicted octanol–water partition coefficient (Wildman–Crippen LogP) is 1.77. The molecule has 3 rings (SSSR count). The number of aliphatic hydroxyl groups is 1. The van der Waals surface area contributed by atoms with E-state index in [2.05, 4.69) is 0 Å². The van der Waals surface area contributed by atoms with Gasteiger partial charge >= 0.3 is 0 Å². The fraction of sp³-hybridized carbons (Fsp3) is 0.611. The number of carbonyl (C=O) groups is 1. The Morgan fingerprint density at radius 2 is 2.29 bits per heavy atom. The topological polar surface area (TPSA) is 59.0 Å². The minimum Gasteiger partial charge on any atom is -0.496 e. The molecule has 0 bridgehead atoms. The zero-order valence-corrected chi connectivity index (χ0v) is 13.9. The second kappa shape index (κ2) is 7.49. The van der Waals surface area contributed by atoms with Crippen LogP contribution in [0, 0.1) is 11.7 Å².